The van der Waals surface area contributed by atoms with Crippen molar-refractivity contribution in [3.8, 4) is 11.5 Å². The van der Waals surface area contributed by atoms with Gasteiger partial charge in [0.2, 0.25) is 11.1 Å². The van der Waals surface area contributed by atoms with Gasteiger partial charge in [-0.1, -0.05) is 40.5 Å². The van der Waals surface area contributed by atoms with E-state index < -0.39 is 19.1 Å². The molecule has 0 N–H and O–H groups in total. The number of rotatable bonds is 7. The van der Waals surface area contributed by atoms with E-state index in [1.807, 2.05) is 32.9 Å². The Hall–Kier alpha value is -3.30. The maximum absolute atomic E-state index is 13.5. The van der Waals surface area contributed by atoms with Crippen molar-refractivity contribution in [2.24, 2.45) is 0 Å². The summed E-state index contributed by atoms with van der Waals surface area (Å²) >= 11 is 0. The predicted molar refractivity (Wildman–Crippen MR) is 122 cm³/mol. The highest BCUT2D eigenvalue weighted by atomic mass is 31.1. The van der Waals surface area contributed by atoms with Crippen LogP contribution in [0.15, 0.2) is 54.6 Å². The highest BCUT2D eigenvalue weighted by Crippen LogP contribution is 2.35. The van der Waals surface area contributed by atoms with E-state index in [2.05, 4.69) is 0 Å². The molecule has 0 aromatic heterocycles. The highest BCUT2D eigenvalue weighted by Gasteiger charge is 2.39. The standard InChI is InChI=1S/C25H24O5P/c1-15-13-16(2)22(17(3)14-15)25(27)31(28)21-12-7-6-9-18(21)24(26)23-19(29-4)10-8-11-20(23)30-5/h6-14H,1-5H3/q+1. The minimum atomic E-state index is -2.52. The smallest absolute Gasteiger partial charge is 0.459 e. The molecule has 0 saturated heterocycles. The Morgan fingerprint density at radius 3 is 1.87 bits per heavy atom. The van der Waals surface area contributed by atoms with Gasteiger partial charge in [-0.3, -0.25) is 4.79 Å². The predicted octanol–water partition coefficient (Wildman–Crippen LogP) is 5.15. The van der Waals surface area contributed by atoms with E-state index in [0.717, 1.165) is 16.7 Å². The second-order valence-electron chi connectivity index (χ2n) is 7.26. The third-order valence-corrected chi connectivity index (χ3v) is 6.52. The van der Waals surface area contributed by atoms with Crippen LogP contribution in [0.3, 0.4) is 0 Å². The number of carbonyl (C=O) groups excluding carboxylic acids is 2. The summed E-state index contributed by atoms with van der Waals surface area (Å²) in [6, 6.07) is 15.3. The topological polar surface area (TPSA) is 69.7 Å². The molecule has 0 fully saturated rings. The fraction of sp³-hybridized carbons (Fsp3) is 0.200. The molecule has 0 aliphatic carbocycles. The lowest BCUT2D eigenvalue weighted by Crippen LogP contribution is -2.17. The van der Waals surface area contributed by atoms with Gasteiger partial charge in [0.1, 0.15) is 17.1 Å². The summed E-state index contributed by atoms with van der Waals surface area (Å²) in [7, 11) is 0.407. The quantitative estimate of drug-likeness (QED) is 0.379. The summed E-state index contributed by atoms with van der Waals surface area (Å²) in [6.45, 7) is 5.60. The van der Waals surface area contributed by atoms with E-state index in [9.17, 15) is 14.2 Å². The van der Waals surface area contributed by atoms with Crippen LogP contribution in [-0.2, 0) is 4.57 Å². The average Bonchev–Trinajstić information content (AvgIpc) is 2.76. The van der Waals surface area contributed by atoms with Crippen LogP contribution in [0, 0.1) is 20.8 Å². The fourth-order valence-electron chi connectivity index (χ4n) is 3.78. The zero-order valence-electron chi connectivity index (χ0n) is 18.2. The Labute approximate surface area is 182 Å². The van der Waals surface area contributed by atoms with Gasteiger partial charge < -0.3 is 9.47 Å². The molecule has 31 heavy (non-hydrogen) atoms. The molecular formula is C25H24O5P+. The number of hydrogen-bond acceptors (Lipinski definition) is 5. The molecule has 0 heterocycles. The molecule has 0 bridgehead atoms. The molecule has 0 aliphatic heterocycles. The van der Waals surface area contributed by atoms with Crippen molar-refractivity contribution < 1.29 is 23.6 Å². The number of methoxy groups -OCH3 is 2. The van der Waals surface area contributed by atoms with E-state index in [0.29, 0.717) is 17.1 Å². The van der Waals surface area contributed by atoms with E-state index >= 15 is 0 Å². The lowest BCUT2D eigenvalue weighted by Gasteiger charge is -2.12. The fourth-order valence-corrected chi connectivity index (χ4v) is 5.17. The largest absolute Gasteiger partial charge is 0.496 e. The molecule has 0 spiro atoms. The van der Waals surface area contributed by atoms with Gasteiger partial charge >= 0.3 is 13.3 Å². The van der Waals surface area contributed by atoms with Crippen LogP contribution in [0.2, 0.25) is 0 Å². The number of ether oxygens (including phenoxy) is 2. The van der Waals surface area contributed by atoms with Crippen molar-refractivity contribution in [3.05, 3.63) is 88.0 Å². The first-order valence-corrected chi connectivity index (χ1v) is 11.0. The van der Waals surface area contributed by atoms with Gasteiger partial charge in [-0.25, -0.2) is 4.79 Å². The Kier molecular flexibility index (Phi) is 6.67. The molecule has 0 saturated carbocycles. The van der Waals surface area contributed by atoms with Gasteiger partial charge in [-0.05, 0) is 56.2 Å². The molecule has 1 atom stereocenters. The van der Waals surface area contributed by atoms with E-state index in [1.165, 1.54) is 14.2 Å². The Morgan fingerprint density at radius 1 is 0.774 bits per heavy atom. The number of hydrogen-bond donors (Lipinski definition) is 0. The second-order valence-corrected chi connectivity index (χ2v) is 8.73. The van der Waals surface area contributed by atoms with E-state index in [-0.39, 0.29) is 16.4 Å². The van der Waals surface area contributed by atoms with Gasteiger partial charge in [-0.15, -0.1) is 0 Å². The van der Waals surface area contributed by atoms with Gasteiger partial charge in [0, 0.05) is 0 Å². The van der Waals surface area contributed by atoms with Crippen LogP contribution < -0.4 is 14.8 Å². The first-order chi connectivity index (χ1) is 14.8. The Morgan fingerprint density at radius 2 is 1.32 bits per heavy atom. The Balaban J connectivity index is 2.11. The van der Waals surface area contributed by atoms with Gasteiger partial charge in [0.05, 0.1) is 25.3 Å². The molecule has 6 heteroatoms. The minimum Gasteiger partial charge on any atom is -0.496 e. The second kappa shape index (κ2) is 9.23. The van der Waals surface area contributed by atoms with Crippen LogP contribution in [0.25, 0.3) is 0 Å². The number of ketones is 1. The summed E-state index contributed by atoms with van der Waals surface area (Å²) in [6.07, 6.45) is 0. The number of aryl methyl sites for hydroxylation is 3. The van der Waals surface area contributed by atoms with Crippen molar-refractivity contribution in [1.29, 1.82) is 0 Å². The third-order valence-electron chi connectivity index (χ3n) is 5.10. The highest BCUT2D eigenvalue weighted by molar-refractivity contribution is 7.71. The lowest BCUT2D eigenvalue weighted by atomic mass is 10.0. The molecule has 158 valence electrons. The van der Waals surface area contributed by atoms with Crippen LogP contribution in [0.4, 0.5) is 0 Å². The summed E-state index contributed by atoms with van der Waals surface area (Å²) in [5.41, 5.74) is 2.91. The molecular weight excluding hydrogens is 411 g/mol. The van der Waals surface area contributed by atoms with E-state index in [4.69, 9.17) is 9.47 Å². The van der Waals surface area contributed by atoms with Crippen molar-refractivity contribution in [3.63, 3.8) is 0 Å². The SMILES string of the molecule is COc1cccc(OC)c1C(=O)c1ccccc1[P+](=O)C(=O)c1c(C)cc(C)cc1C. The van der Waals surface area contributed by atoms with Crippen molar-refractivity contribution in [1.82, 2.24) is 0 Å². The molecule has 3 rings (SSSR count). The summed E-state index contributed by atoms with van der Waals surface area (Å²) in [4.78, 5) is 26.7. The Bertz CT molecular complexity index is 1150. The number of benzene rings is 3. The van der Waals surface area contributed by atoms with Gasteiger partial charge in [0.25, 0.3) is 0 Å². The molecule has 0 aliphatic rings. The van der Waals surface area contributed by atoms with Gasteiger partial charge in [-0.2, -0.15) is 0 Å². The zero-order valence-corrected chi connectivity index (χ0v) is 19.1. The number of carbonyl (C=O) groups is 2. The molecule has 0 radical (unpaired) electrons. The summed E-state index contributed by atoms with van der Waals surface area (Å²) < 4.78 is 24.1. The minimum absolute atomic E-state index is 0.183. The van der Waals surface area contributed by atoms with Crippen LogP contribution in [0.5, 0.6) is 11.5 Å². The molecule has 0 amide bonds. The first-order valence-electron chi connectivity index (χ1n) is 9.74. The molecule has 3 aromatic rings. The maximum Gasteiger partial charge on any atom is 0.459 e. The maximum atomic E-state index is 13.5. The van der Waals surface area contributed by atoms with Crippen LogP contribution in [0.1, 0.15) is 43.0 Å². The lowest BCUT2D eigenvalue weighted by molar-refractivity contribution is 0.103. The van der Waals surface area contributed by atoms with E-state index in [1.54, 1.807) is 42.5 Å². The first kappa shape index (κ1) is 22.4. The molecule has 5 nitrogen and oxygen atoms in total. The van der Waals surface area contributed by atoms with Crippen molar-refractivity contribution >= 4 is 24.4 Å². The summed E-state index contributed by atoms with van der Waals surface area (Å²) in [5, 5.41) is 0.194. The monoisotopic (exact) mass is 435 g/mol. The normalized spacial score (nSPS) is 11.1. The van der Waals surface area contributed by atoms with Crippen molar-refractivity contribution in [2.75, 3.05) is 14.2 Å². The van der Waals surface area contributed by atoms with Gasteiger partial charge in [0.15, 0.2) is 0 Å². The zero-order chi connectivity index (χ0) is 22.7. The summed E-state index contributed by atoms with van der Waals surface area (Å²) in [5.74, 6) is 0.259. The van der Waals surface area contributed by atoms with Crippen LogP contribution >= 0.6 is 7.80 Å². The molecule has 3 aromatic carbocycles. The average molecular weight is 435 g/mol. The molecule has 1 unspecified atom stereocenters. The van der Waals surface area contributed by atoms with Crippen molar-refractivity contribution in [2.45, 2.75) is 20.8 Å². The van der Waals surface area contributed by atoms with Crippen LogP contribution in [-0.4, -0.2) is 25.5 Å². The third kappa shape index (κ3) is 4.28.